The summed E-state index contributed by atoms with van der Waals surface area (Å²) in [5.41, 5.74) is 4.34. The maximum Gasteiger partial charge on any atom is 0.407 e. The number of nitrogens with one attached hydrogen (secondary N) is 2. The number of aliphatic carboxylic acids is 1. The zero-order chi connectivity index (χ0) is 23.1. The first kappa shape index (κ1) is 23.2. The molecule has 0 saturated heterocycles. The van der Waals surface area contributed by atoms with Crippen molar-refractivity contribution >= 4 is 18.0 Å². The first-order valence-electron chi connectivity index (χ1n) is 10.1. The number of carbonyl (C=O) groups excluding carboxylic acids is 2. The van der Waals surface area contributed by atoms with Crippen LogP contribution in [0.2, 0.25) is 0 Å². The second kappa shape index (κ2) is 10.7. The lowest BCUT2D eigenvalue weighted by molar-refractivity contribution is -0.143. The molecule has 2 atom stereocenters. The maximum atomic E-state index is 12.5. The Morgan fingerprint density at radius 2 is 1.41 bits per heavy atom. The van der Waals surface area contributed by atoms with Gasteiger partial charge in [-0.2, -0.15) is 0 Å². The van der Waals surface area contributed by atoms with Gasteiger partial charge in [-0.1, -0.05) is 48.5 Å². The number of carboxylic acid groups (broad SMARTS) is 1. The number of hydrogen-bond donors (Lipinski definition) is 3. The fourth-order valence-electron chi connectivity index (χ4n) is 3.75. The van der Waals surface area contributed by atoms with Crippen molar-refractivity contribution in [3.8, 4) is 11.1 Å². The lowest BCUT2D eigenvalue weighted by atomic mass is 9.98. The van der Waals surface area contributed by atoms with E-state index in [2.05, 4.69) is 10.6 Å². The monoisotopic (exact) mass is 442 g/mol. The first-order valence-corrected chi connectivity index (χ1v) is 10.1. The predicted octanol–water partition coefficient (Wildman–Crippen LogP) is 1.76. The van der Waals surface area contributed by atoms with Gasteiger partial charge in [0.05, 0.1) is 13.2 Å². The highest BCUT2D eigenvalue weighted by Gasteiger charge is 2.30. The zero-order valence-corrected chi connectivity index (χ0v) is 17.9. The summed E-state index contributed by atoms with van der Waals surface area (Å²) in [5.74, 6) is -2.09. The molecule has 2 amide bonds. The minimum absolute atomic E-state index is 0.0859. The number of rotatable bonds is 10. The fraction of sp³-hybridized carbons (Fsp3) is 0.348. The number of alkyl carbamates (subject to hydrolysis) is 1. The fourth-order valence-corrected chi connectivity index (χ4v) is 3.75. The van der Waals surface area contributed by atoms with Gasteiger partial charge in [-0.15, -0.1) is 0 Å². The van der Waals surface area contributed by atoms with Gasteiger partial charge in [0.1, 0.15) is 12.6 Å². The number of ether oxygens (including phenoxy) is 3. The number of fused-ring (bicyclic) bond motifs is 3. The maximum absolute atomic E-state index is 12.5. The van der Waals surface area contributed by atoms with E-state index in [9.17, 15) is 19.5 Å². The van der Waals surface area contributed by atoms with E-state index >= 15 is 0 Å². The molecule has 2 unspecified atom stereocenters. The average molecular weight is 442 g/mol. The summed E-state index contributed by atoms with van der Waals surface area (Å²) in [5, 5.41) is 13.9. The molecule has 3 N–H and O–H groups in total. The molecule has 0 fully saturated rings. The standard InChI is InChI=1S/C23H26N2O7/c1-30-12-19(21(26)24-20(13-31-2)22(27)28)25-23(29)32-11-18-16-9-5-3-7-14(16)15-8-4-6-10-17(15)18/h3-10,18-20H,11-13H2,1-2H3,(H,24,26)(H,25,29)(H,27,28). The third-order valence-corrected chi connectivity index (χ3v) is 5.23. The van der Waals surface area contributed by atoms with Gasteiger partial charge in [-0.3, -0.25) is 4.79 Å². The third-order valence-electron chi connectivity index (χ3n) is 5.23. The van der Waals surface area contributed by atoms with E-state index in [1.807, 2.05) is 48.5 Å². The van der Waals surface area contributed by atoms with Crippen LogP contribution in [-0.2, 0) is 23.8 Å². The van der Waals surface area contributed by atoms with E-state index in [-0.39, 0.29) is 25.7 Å². The molecular formula is C23H26N2O7. The Balaban J connectivity index is 1.64. The van der Waals surface area contributed by atoms with E-state index in [0.29, 0.717) is 0 Å². The van der Waals surface area contributed by atoms with E-state index in [4.69, 9.17) is 14.2 Å². The summed E-state index contributed by atoms with van der Waals surface area (Å²) in [6.07, 6.45) is -0.803. The molecule has 0 aromatic heterocycles. The summed E-state index contributed by atoms with van der Waals surface area (Å²) in [4.78, 5) is 36.2. The van der Waals surface area contributed by atoms with Gasteiger partial charge in [0, 0.05) is 20.1 Å². The highest BCUT2D eigenvalue weighted by molar-refractivity contribution is 5.89. The quantitative estimate of drug-likeness (QED) is 0.512. The van der Waals surface area contributed by atoms with Crippen molar-refractivity contribution in [3.05, 3.63) is 59.7 Å². The third kappa shape index (κ3) is 5.24. The van der Waals surface area contributed by atoms with E-state index in [1.165, 1.54) is 14.2 Å². The number of hydrogen-bond acceptors (Lipinski definition) is 6. The number of amides is 2. The van der Waals surface area contributed by atoms with Crippen LogP contribution in [0.25, 0.3) is 11.1 Å². The zero-order valence-electron chi connectivity index (χ0n) is 17.9. The number of methoxy groups -OCH3 is 2. The van der Waals surface area contributed by atoms with Crippen molar-refractivity contribution in [1.82, 2.24) is 10.6 Å². The molecule has 170 valence electrons. The predicted molar refractivity (Wildman–Crippen MR) is 115 cm³/mol. The van der Waals surface area contributed by atoms with Gasteiger partial charge in [0.25, 0.3) is 0 Å². The molecule has 0 radical (unpaired) electrons. The molecule has 1 aliphatic carbocycles. The van der Waals surface area contributed by atoms with Crippen LogP contribution in [0.15, 0.2) is 48.5 Å². The minimum Gasteiger partial charge on any atom is -0.480 e. The Morgan fingerprint density at radius 3 is 1.94 bits per heavy atom. The van der Waals surface area contributed by atoms with Crippen molar-refractivity contribution < 1.29 is 33.7 Å². The van der Waals surface area contributed by atoms with Crippen LogP contribution in [0.5, 0.6) is 0 Å². The van der Waals surface area contributed by atoms with Crippen LogP contribution in [0.1, 0.15) is 17.0 Å². The molecule has 3 rings (SSSR count). The van der Waals surface area contributed by atoms with Crippen LogP contribution in [0, 0.1) is 0 Å². The Kier molecular flexibility index (Phi) is 7.80. The Morgan fingerprint density at radius 1 is 0.875 bits per heavy atom. The van der Waals surface area contributed by atoms with Gasteiger partial charge in [0.2, 0.25) is 5.91 Å². The van der Waals surface area contributed by atoms with Crippen molar-refractivity contribution in [1.29, 1.82) is 0 Å². The van der Waals surface area contributed by atoms with Crippen LogP contribution >= 0.6 is 0 Å². The van der Waals surface area contributed by atoms with Crippen LogP contribution < -0.4 is 10.6 Å². The first-order chi connectivity index (χ1) is 15.5. The lowest BCUT2D eigenvalue weighted by Crippen LogP contribution is -2.54. The summed E-state index contributed by atoms with van der Waals surface area (Å²) >= 11 is 0. The largest absolute Gasteiger partial charge is 0.480 e. The van der Waals surface area contributed by atoms with Crippen LogP contribution in [0.3, 0.4) is 0 Å². The molecule has 0 spiro atoms. The summed E-state index contributed by atoms with van der Waals surface area (Å²) in [6.45, 7) is -0.288. The molecule has 1 aliphatic rings. The van der Waals surface area contributed by atoms with Gasteiger partial charge < -0.3 is 30.0 Å². The van der Waals surface area contributed by atoms with Crippen molar-refractivity contribution in [2.45, 2.75) is 18.0 Å². The van der Waals surface area contributed by atoms with Crippen LogP contribution in [0.4, 0.5) is 4.79 Å². The Bertz CT molecular complexity index is 933. The topological polar surface area (TPSA) is 123 Å². The van der Waals surface area contributed by atoms with Gasteiger partial charge >= 0.3 is 12.1 Å². The van der Waals surface area contributed by atoms with Gasteiger partial charge in [-0.25, -0.2) is 9.59 Å². The summed E-state index contributed by atoms with van der Waals surface area (Å²) < 4.78 is 15.2. The highest BCUT2D eigenvalue weighted by Crippen LogP contribution is 2.44. The molecule has 2 aromatic carbocycles. The van der Waals surface area contributed by atoms with Gasteiger partial charge in [-0.05, 0) is 22.3 Å². The molecule has 0 aliphatic heterocycles. The van der Waals surface area contributed by atoms with Crippen molar-refractivity contribution in [3.63, 3.8) is 0 Å². The highest BCUT2D eigenvalue weighted by atomic mass is 16.5. The Labute approximate surface area is 185 Å². The Hall–Kier alpha value is -3.43. The average Bonchev–Trinajstić information content (AvgIpc) is 3.10. The van der Waals surface area contributed by atoms with E-state index < -0.39 is 30.1 Å². The summed E-state index contributed by atoms with van der Waals surface area (Å²) in [6, 6.07) is 13.5. The second-order valence-electron chi connectivity index (χ2n) is 7.33. The van der Waals surface area contributed by atoms with E-state index in [0.717, 1.165) is 22.3 Å². The van der Waals surface area contributed by atoms with Crippen molar-refractivity contribution in [2.24, 2.45) is 0 Å². The van der Waals surface area contributed by atoms with Crippen LogP contribution in [-0.4, -0.2) is 69.2 Å². The molecule has 0 bridgehead atoms. The van der Waals surface area contributed by atoms with Gasteiger partial charge in [0.15, 0.2) is 6.04 Å². The minimum atomic E-state index is -1.25. The number of carbonyl (C=O) groups is 3. The lowest BCUT2D eigenvalue weighted by Gasteiger charge is -2.21. The number of carboxylic acids is 1. The molecule has 2 aromatic rings. The molecule has 9 nitrogen and oxygen atoms in total. The molecular weight excluding hydrogens is 416 g/mol. The molecule has 9 heteroatoms. The van der Waals surface area contributed by atoms with Crippen molar-refractivity contribution in [2.75, 3.05) is 34.0 Å². The molecule has 0 saturated carbocycles. The number of benzene rings is 2. The SMILES string of the molecule is COCC(NC(=O)C(COC)NC(=O)OCC1c2ccccc2-c2ccccc21)C(=O)O. The second-order valence-corrected chi connectivity index (χ2v) is 7.33. The smallest absolute Gasteiger partial charge is 0.407 e. The molecule has 32 heavy (non-hydrogen) atoms. The van der Waals surface area contributed by atoms with E-state index in [1.54, 1.807) is 0 Å². The molecule has 0 heterocycles. The normalized spacial score (nSPS) is 14.1. The summed E-state index contributed by atoms with van der Waals surface area (Å²) in [7, 11) is 2.69.